The number of amides is 7. The van der Waals surface area contributed by atoms with Gasteiger partial charge < -0.3 is 70.4 Å². The molecule has 0 spiro atoms. The van der Waals surface area contributed by atoms with E-state index in [9.17, 15) is 48.6 Å². The largest absolute Gasteiger partial charge is 0.480 e. The summed E-state index contributed by atoms with van der Waals surface area (Å²) in [5.41, 5.74) is 27.6. The number of nitrogens with two attached hydrogens (primary N) is 5. The van der Waals surface area contributed by atoms with E-state index in [2.05, 4.69) is 31.6 Å². The molecule has 1 heterocycles. The SMILES string of the molecule is CC[C@H](C)[C@H](NC(=O)[C@H](CCCCN)NC(=O)[C@@H]1CCCN1C(=O)[C@@H](NC(=O)[C@@H](N)CCCN=C(N)N)[C@@H](C)O)C(=O)N[C@@H](CCC(N)=O)C(=O)N[C@H](C(=O)O)C(C)C. The van der Waals surface area contributed by atoms with Crippen LogP contribution >= 0.6 is 0 Å². The fraction of sp³-hybridized carbons (Fsp3) is 0.757. The Morgan fingerprint density at radius 1 is 0.763 bits per heavy atom. The summed E-state index contributed by atoms with van der Waals surface area (Å²) < 4.78 is 0. The number of carbonyl (C=O) groups excluding carboxylic acids is 7. The van der Waals surface area contributed by atoms with Crippen molar-refractivity contribution in [3.8, 4) is 0 Å². The number of aliphatic hydroxyl groups excluding tert-OH is 1. The van der Waals surface area contributed by atoms with Crippen molar-refractivity contribution in [3.05, 3.63) is 0 Å². The first kappa shape index (κ1) is 51.9. The highest BCUT2D eigenvalue weighted by Crippen LogP contribution is 2.21. The lowest BCUT2D eigenvalue weighted by atomic mass is 9.96. The third-order valence-corrected chi connectivity index (χ3v) is 10.1. The third kappa shape index (κ3) is 17.7. The number of carboxylic acid groups (broad SMARTS) is 1. The van der Waals surface area contributed by atoms with E-state index in [1.54, 1.807) is 27.7 Å². The number of hydrogen-bond acceptors (Lipinski definition) is 12. The minimum absolute atomic E-state index is 0.104. The Morgan fingerprint density at radius 3 is 1.88 bits per heavy atom. The van der Waals surface area contributed by atoms with Crippen molar-refractivity contribution in [1.82, 2.24) is 31.5 Å². The van der Waals surface area contributed by atoms with Crippen LogP contribution in [0.2, 0.25) is 0 Å². The quantitative estimate of drug-likeness (QED) is 0.0216. The first-order valence-corrected chi connectivity index (χ1v) is 20.2. The molecule has 1 rings (SSSR count). The average molecular weight is 841 g/mol. The highest BCUT2D eigenvalue weighted by Gasteiger charge is 2.41. The maximum Gasteiger partial charge on any atom is 0.326 e. The molecule has 1 aliphatic rings. The summed E-state index contributed by atoms with van der Waals surface area (Å²) in [6, 6.07) is -8.68. The van der Waals surface area contributed by atoms with Gasteiger partial charge in [0.2, 0.25) is 41.4 Å². The molecule has 22 heteroatoms. The Hall–Kier alpha value is -5.09. The first-order chi connectivity index (χ1) is 27.7. The van der Waals surface area contributed by atoms with Gasteiger partial charge in [-0.3, -0.25) is 38.6 Å². The van der Waals surface area contributed by atoms with Gasteiger partial charge in [-0.05, 0) is 76.7 Å². The van der Waals surface area contributed by atoms with E-state index >= 15 is 0 Å². The van der Waals surface area contributed by atoms with Gasteiger partial charge in [-0.1, -0.05) is 34.1 Å². The van der Waals surface area contributed by atoms with Gasteiger partial charge in [0.1, 0.15) is 36.3 Å². The summed E-state index contributed by atoms with van der Waals surface area (Å²) in [5.74, 6) is -7.70. The number of aliphatic carboxylic acids is 1. The number of aliphatic imine (C=N–C) groups is 1. The van der Waals surface area contributed by atoms with Crippen LogP contribution in [0.1, 0.15) is 98.8 Å². The molecule has 17 N–H and O–H groups in total. The molecular weight excluding hydrogens is 772 g/mol. The van der Waals surface area contributed by atoms with Gasteiger partial charge >= 0.3 is 5.97 Å². The van der Waals surface area contributed by atoms with Gasteiger partial charge in [0.25, 0.3) is 0 Å². The average Bonchev–Trinajstić information content (AvgIpc) is 3.66. The second kappa shape index (κ2) is 26.1. The van der Waals surface area contributed by atoms with Crippen LogP contribution < -0.4 is 55.3 Å². The molecule has 0 aromatic carbocycles. The molecule has 0 radical (unpaired) electrons. The number of carbonyl (C=O) groups is 8. The molecule has 0 saturated carbocycles. The van der Waals surface area contributed by atoms with Crippen LogP contribution in [-0.2, 0) is 38.4 Å². The third-order valence-electron chi connectivity index (χ3n) is 10.1. The monoisotopic (exact) mass is 841 g/mol. The van der Waals surface area contributed by atoms with Crippen LogP contribution in [0.5, 0.6) is 0 Å². The van der Waals surface area contributed by atoms with Crippen molar-refractivity contribution in [1.29, 1.82) is 0 Å². The molecule has 0 aromatic rings. The zero-order chi connectivity index (χ0) is 45.0. The smallest absolute Gasteiger partial charge is 0.326 e. The predicted octanol–water partition coefficient (Wildman–Crippen LogP) is -3.66. The van der Waals surface area contributed by atoms with E-state index in [4.69, 9.17) is 28.7 Å². The van der Waals surface area contributed by atoms with Crippen molar-refractivity contribution < 1.29 is 48.6 Å². The van der Waals surface area contributed by atoms with E-state index in [-0.39, 0.29) is 51.2 Å². The standard InChI is InChI=1S/C37H68N12O10/c1-6-20(4)28(34(56)45-24(14-15-26(40)51)32(54)46-27(19(2)3)36(58)59)47-31(53)23(12-7-8-16-38)44-33(55)25-13-10-18-49(25)35(57)29(21(5)50)48-30(52)22(39)11-9-17-43-37(41)42/h19-25,27-29,50H,6-18,38-39H2,1-5H3,(H2,40,51)(H,44,55)(H,45,56)(H,46,54)(H,47,53)(H,48,52)(H,58,59)(H4,41,42,43)/t20-,21+,22-,23-,24-,25-,27-,28-,29-/m0/s1. The number of nitrogens with one attached hydrogen (secondary N) is 5. The summed E-state index contributed by atoms with van der Waals surface area (Å²) in [4.78, 5) is 110. The highest BCUT2D eigenvalue weighted by molar-refractivity contribution is 5.97. The molecule has 59 heavy (non-hydrogen) atoms. The van der Waals surface area contributed by atoms with Crippen LogP contribution in [0, 0.1) is 11.8 Å². The van der Waals surface area contributed by atoms with Crippen LogP contribution in [0.25, 0.3) is 0 Å². The number of aliphatic hydroxyl groups is 1. The summed E-state index contributed by atoms with van der Waals surface area (Å²) >= 11 is 0. The van der Waals surface area contributed by atoms with Crippen LogP contribution in [0.3, 0.4) is 0 Å². The van der Waals surface area contributed by atoms with Crippen LogP contribution in [-0.4, -0.2) is 136 Å². The lowest BCUT2D eigenvalue weighted by molar-refractivity contribution is -0.144. The summed E-state index contributed by atoms with van der Waals surface area (Å²) in [6.45, 7) is 8.58. The molecular formula is C37H68N12O10. The second-order valence-corrected chi connectivity index (χ2v) is 15.3. The molecule has 336 valence electrons. The van der Waals surface area contributed by atoms with Crippen LogP contribution in [0.4, 0.5) is 0 Å². The fourth-order valence-corrected chi connectivity index (χ4v) is 6.35. The van der Waals surface area contributed by atoms with Gasteiger partial charge in [-0.2, -0.15) is 0 Å². The molecule has 0 bridgehead atoms. The topological polar surface area (TPSA) is 383 Å². The van der Waals surface area contributed by atoms with Gasteiger partial charge in [-0.15, -0.1) is 0 Å². The van der Waals surface area contributed by atoms with E-state index in [0.29, 0.717) is 38.6 Å². The number of carboxylic acids is 1. The van der Waals surface area contributed by atoms with E-state index in [0.717, 1.165) is 0 Å². The summed E-state index contributed by atoms with van der Waals surface area (Å²) in [6.07, 6.45) is 0.647. The predicted molar refractivity (Wildman–Crippen MR) is 217 cm³/mol. The van der Waals surface area contributed by atoms with E-state index in [1.807, 2.05) is 0 Å². The lowest BCUT2D eigenvalue weighted by Gasteiger charge is -2.32. The number of unbranched alkanes of at least 4 members (excludes halogenated alkanes) is 1. The zero-order valence-electron chi connectivity index (χ0n) is 34.9. The minimum Gasteiger partial charge on any atom is -0.480 e. The number of rotatable bonds is 27. The Morgan fingerprint density at radius 2 is 1.36 bits per heavy atom. The van der Waals surface area contributed by atoms with Crippen LogP contribution in [0.15, 0.2) is 4.99 Å². The van der Waals surface area contributed by atoms with Gasteiger partial charge in [-0.25, -0.2) is 4.79 Å². The summed E-state index contributed by atoms with van der Waals surface area (Å²) in [5, 5.41) is 32.9. The maximum absolute atomic E-state index is 13.9. The Bertz CT molecular complexity index is 1470. The molecule has 0 unspecified atom stereocenters. The number of primary amides is 1. The van der Waals surface area contributed by atoms with E-state index in [1.165, 1.54) is 11.8 Å². The van der Waals surface area contributed by atoms with Crippen molar-refractivity contribution in [3.63, 3.8) is 0 Å². The lowest BCUT2D eigenvalue weighted by Crippen LogP contribution is -2.61. The fourth-order valence-electron chi connectivity index (χ4n) is 6.35. The van der Waals surface area contributed by atoms with Crippen molar-refractivity contribution in [2.75, 3.05) is 19.6 Å². The van der Waals surface area contributed by atoms with Gasteiger partial charge in [0, 0.05) is 19.5 Å². The maximum atomic E-state index is 13.9. The molecule has 0 aliphatic carbocycles. The Kier molecular flexibility index (Phi) is 23.0. The molecule has 1 fully saturated rings. The minimum atomic E-state index is -1.44. The van der Waals surface area contributed by atoms with Crippen molar-refractivity contribution in [2.24, 2.45) is 45.5 Å². The number of nitrogens with zero attached hydrogens (tertiary/aromatic N) is 2. The second-order valence-electron chi connectivity index (χ2n) is 15.3. The molecule has 22 nitrogen and oxygen atoms in total. The Labute approximate surface area is 345 Å². The van der Waals surface area contributed by atoms with Gasteiger partial charge in [0.15, 0.2) is 5.96 Å². The number of hydrogen-bond donors (Lipinski definition) is 12. The zero-order valence-corrected chi connectivity index (χ0v) is 34.9. The molecule has 1 saturated heterocycles. The molecule has 1 aliphatic heterocycles. The first-order valence-electron chi connectivity index (χ1n) is 20.2. The van der Waals surface area contributed by atoms with E-state index < -0.39 is 108 Å². The van der Waals surface area contributed by atoms with Gasteiger partial charge in [0.05, 0.1) is 12.1 Å². The summed E-state index contributed by atoms with van der Waals surface area (Å²) in [7, 11) is 0. The van der Waals surface area contributed by atoms with Crippen molar-refractivity contribution in [2.45, 2.75) is 147 Å². The highest BCUT2D eigenvalue weighted by atomic mass is 16.4. The number of guanidine groups is 1. The number of likely N-dealkylation sites (tertiary alicyclic amines) is 1. The normalized spacial score (nSPS) is 17.8. The Balaban J connectivity index is 3.27. The molecule has 7 amide bonds. The molecule has 9 atom stereocenters. The molecule has 0 aromatic heterocycles. The van der Waals surface area contributed by atoms with Crippen molar-refractivity contribution >= 4 is 53.3 Å².